The second-order valence-electron chi connectivity index (χ2n) is 6.18. The van der Waals surface area contributed by atoms with Crippen molar-refractivity contribution in [3.63, 3.8) is 0 Å². The lowest BCUT2D eigenvalue weighted by Gasteiger charge is -2.10. The zero-order valence-electron chi connectivity index (χ0n) is 14.5. The maximum Gasteiger partial charge on any atom is 0.181 e. The highest BCUT2D eigenvalue weighted by Crippen LogP contribution is 2.29. The van der Waals surface area contributed by atoms with Gasteiger partial charge in [-0.1, -0.05) is 13.0 Å². The quantitative estimate of drug-likeness (QED) is 0.758. The van der Waals surface area contributed by atoms with Gasteiger partial charge in [-0.2, -0.15) is 10.4 Å². The van der Waals surface area contributed by atoms with Crippen LogP contribution in [0.25, 0.3) is 11.3 Å². The zero-order chi connectivity index (χ0) is 17.1. The molecular formula is C19H23N3O. The Labute approximate surface area is 137 Å². The maximum absolute atomic E-state index is 12.5. The number of carbonyl (C=O) groups excluding carboxylic acids is 1. The number of hydrogen-bond donors (Lipinski definition) is 0. The molecule has 23 heavy (non-hydrogen) atoms. The van der Waals surface area contributed by atoms with Gasteiger partial charge in [0.2, 0.25) is 0 Å². The fraction of sp³-hybridized carbons (Fsp3) is 0.421. The van der Waals surface area contributed by atoms with E-state index in [4.69, 9.17) is 10.4 Å². The summed E-state index contributed by atoms with van der Waals surface area (Å²) in [4.78, 5) is 12.5. The molecule has 1 heterocycles. The Kier molecular flexibility index (Phi) is 5.00. The summed E-state index contributed by atoms with van der Waals surface area (Å²) in [6.07, 6.45) is 1.36. The predicted octanol–water partition coefficient (Wildman–Crippen LogP) is 4.60. The van der Waals surface area contributed by atoms with Gasteiger partial charge in [-0.25, -0.2) is 0 Å². The van der Waals surface area contributed by atoms with Crippen LogP contribution in [0.2, 0.25) is 0 Å². The van der Waals surface area contributed by atoms with E-state index in [2.05, 4.69) is 6.07 Å². The molecule has 0 bridgehead atoms. The monoisotopic (exact) mass is 309 g/mol. The SMILES string of the molecule is CCCC(=O)c1c(C)c(-c2ccc(C#N)c(C)c2)nn1C(C)C. The van der Waals surface area contributed by atoms with Crippen LogP contribution in [0.3, 0.4) is 0 Å². The van der Waals surface area contributed by atoms with E-state index in [1.807, 2.05) is 57.5 Å². The predicted molar refractivity (Wildman–Crippen MR) is 91.5 cm³/mol. The first-order valence-corrected chi connectivity index (χ1v) is 8.04. The number of hydrogen-bond acceptors (Lipinski definition) is 3. The van der Waals surface area contributed by atoms with E-state index in [1.165, 1.54) is 0 Å². The van der Waals surface area contributed by atoms with Gasteiger partial charge in [0.15, 0.2) is 5.78 Å². The zero-order valence-corrected chi connectivity index (χ0v) is 14.5. The van der Waals surface area contributed by atoms with Gasteiger partial charge < -0.3 is 0 Å². The Morgan fingerprint density at radius 3 is 2.57 bits per heavy atom. The van der Waals surface area contributed by atoms with Crippen LogP contribution in [-0.2, 0) is 0 Å². The van der Waals surface area contributed by atoms with Gasteiger partial charge in [-0.3, -0.25) is 9.48 Å². The van der Waals surface area contributed by atoms with Crippen LogP contribution in [0, 0.1) is 25.2 Å². The number of nitrogens with zero attached hydrogens (tertiary/aromatic N) is 3. The summed E-state index contributed by atoms with van der Waals surface area (Å²) in [5, 5.41) is 13.8. The minimum atomic E-state index is 0.123. The van der Waals surface area contributed by atoms with Crippen molar-refractivity contribution >= 4 is 5.78 Å². The summed E-state index contributed by atoms with van der Waals surface area (Å²) in [5.41, 5.74) is 4.98. The van der Waals surface area contributed by atoms with Crippen molar-refractivity contribution < 1.29 is 4.79 Å². The summed E-state index contributed by atoms with van der Waals surface area (Å²) in [5.74, 6) is 0.141. The molecule has 0 aliphatic carbocycles. The number of ketones is 1. The number of aryl methyl sites for hydroxylation is 1. The molecule has 1 aromatic carbocycles. The molecule has 0 aliphatic rings. The van der Waals surface area contributed by atoms with Crippen LogP contribution in [-0.4, -0.2) is 15.6 Å². The van der Waals surface area contributed by atoms with Crippen LogP contribution in [0.15, 0.2) is 18.2 Å². The molecule has 0 atom stereocenters. The summed E-state index contributed by atoms with van der Waals surface area (Å²) in [7, 11) is 0. The van der Waals surface area contributed by atoms with E-state index in [1.54, 1.807) is 0 Å². The van der Waals surface area contributed by atoms with Crippen LogP contribution in [0.4, 0.5) is 0 Å². The highest BCUT2D eigenvalue weighted by Gasteiger charge is 2.22. The Balaban J connectivity index is 2.61. The summed E-state index contributed by atoms with van der Waals surface area (Å²) < 4.78 is 1.83. The van der Waals surface area contributed by atoms with E-state index >= 15 is 0 Å². The summed E-state index contributed by atoms with van der Waals surface area (Å²) in [6.45, 7) is 9.94. The minimum Gasteiger partial charge on any atom is -0.292 e. The number of carbonyl (C=O) groups is 1. The molecule has 0 saturated carbocycles. The van der Waals surface area contributed by atoms with Crippen molar-refractivity contribution in [1.29, 1.82) is 5.26 Å². The van der Waals surface area contributed by atoms with Gasteiger partial charge in [0.05, 0.1) is 17.3 Å². The summed E-state index contributed by atoms with van der Waals surface area (Å²) >= 11 is 0. The molecule has 0 N–H and O–H groups in total. The molecule has 0 spiro atoms. The fourth-order valence-electron chi connectivity index (χ4n) is 2.78. The topological polar surface area (TPSA) is 58.7 Å². The first-order valence-electron chi connectivity index (χ1n) is 8.04. The Bertz CT molecular complexity index is 779. The molecular weight excluding hydrogens is 286 g/mol. The van der Waals surface area contributed by atoms with E-state index in [-0.39, 0.29) is 11.8 Å². The van der Waals surface area contributed by atoms with Gasteiger partial charge in [-0.15, -0.1) is 0 Å². The Hall–Kier alpha value is -2.41. The molecule has 0 saturated heterocycles. The average Bonchev–Trinajstić information content (AvgIpc) is 2.85. The molecule has 0 fully saturated rings. The van der Waals surface area contributed by atoms with E-state index in [0.717, 1.165) is 28.8 Å². The van der Waals surface area contributed by atoms with Crippen molar-refractivity contribution in [2.24, 2.45) is 0 Å². The van der Waals surface area contributed by atoms with Crippen LogP contribution in [0.1, 0.15) is 66.8 Å². The van der Waals surface area contributed by atoms with Crippen molar-refractivity contribution in [3.05, 3.63) is 40.6 Å². The molecule has 2 aromatic rings. The first-order chi connectivity index (χ1) is 10.9. The van der Waals surface area contributed by atoms with Crippen molar-refractivity contribution in [3.8, 4) is 17.3 Å². The molecule has 120 valence electrons. The molecule has 0 radical (unpaired) electrons. The molecule has 2 rings (SSSR count). The van der Waals surface area contributed by atoms with E-state index < -0.39 is 0 Å². The second-order valence-corrected chi connectivity index (χ2v) is 6.18. The van der Waals surface area contributed by atoms with Gasteiger partial charge in [-0.05, 0) is 51.8 Å². The van der Waals surface area contributed by atoms with E-state index in [9.17, 15) is 4.79 Å². The number of benzene rings is 1. The third-order valence-corrected chi connectivity index (χ3v) is 4.00. The number of nitriles is 1. The lowest BCUT2D eigenvalue weighted by molar-refractivity contribution is 0.0969. The maximum atomic E-state index is 12.5. The molecule has 0 amide bonds. The largest absolute Gasteiger partial charge is 0.292 e. The highest BCUT2D eigenvalue weighted by molar-refractivity contribution is 5.97. The molecule has 0 aliphatic heterocycles. The van der Waals surface area contributed by atoms with Crippen LogP contribution in [0.5, 0.6) is 0 Å². The normalized spacial score (nSPS) is 10.8. The first kappa shape index (κ1) is 17.0. The smallest absolute Gasteiger partial charge is 0.181 e. The van der Waals surface area contributed by atoms with E-state index in [0.29, 0.717) is 17.7 Å². The van der Waals surface area contributed by atoms with Crippen LogP contribution < -0.4 is 0 Å². The number of rotatable bonds is 5. The van der Waals surface area contributed by atoms with Gasteiger partial charge >= 0.3 is 0 Å². The highest BCUT2D eigenvalue weighted by atomic mass is 16.1. The van der Waals surface area contributed by atoms with Crippen molar-refractivity contribution in [1.82, 2.24) is 9.78 Å². The lowest BCUT2D eigenvalue weighted by Crippen LogP contribution is -2.13. The Morgan fingerprint density at radius 1 is 1.35 bits per heavy atom. The molecule has 4 nitrogen and oxygen atoms in total. The second kappa shape index (κ2) is 6.78. The van der Waals surface area contributed by atoms with Crippen LogP contribution >= 0.6 is 0 Å². The lowest BCUT2D eigenvalue weighted by atomic mass is 10.00. The fourth-order valence-corrected chi connectivity index (χ4v) is 2.78. The molecule has 0 unspecified atom stereocenters. The summed E-state index contributed by atoms with van der Waals surface area (Å²) in [6, 6.07) is 7.98. The molecule has 4 heteroatoms. The Morgan fingerprint density at radius 2 is 2.04 bits per heavy atom. The van der Waals surface area contributed by atoms with Gasteiger partial charge in [0.1, 0.15) is 5.69 Å². The number of aromatic nitrogens is 2. The number of Topliss-reactive ketones (excluding diaryl/α,β-unsaturated/α-hetero) is 1. The third-order valence-electron chi connectivity index (χ3n) is 4.00. The van der Waals surface area contributed by atoms with Gasteiger partial charge in [0, 0.05) is 23.6 Å². The van der Waals surface area contributed by atoms with Crippen molar-refractivity contribution in [2.45, 2.75) is 53.5 Å². The average molecular weight is 309 g/mol. The molecule has 1 aromatic heterocycles. The van der Waals surface area contributed by atoms with Gasteiger partial charge in [0.25, 0.3) is 0 Å². The minimum absolute atomic E-state index is 0.123. The van der Waals surface area contributed by atoms with Crippen molar-refractivity contribution in [2.75, 3.05) is 0 Å². The third kappa shape index (κ3) is 3.19. The standard InChI is InChI=1S/C19H23N3O/c1-6-7-17(23)19-14(5)18(21-22(19)12(2)3)15-8-9-16(11-20)13(4)10-15/h8-10,12H,6-7H2,1-5H3.